The van der Waals surface area contributed by atoms with Gasteiger partial charge in [0.2, 0.25) is 0 Å². The Bertz CT molecular complexity index is 507. The van der Waals surface area contributed by atoms with Crippen LogP contribution in [-0.2, 0) is 6.54 Å². The first-order valence-corrected chi connectivity index (χ1v) is 7.63. The maximum absolute atomic E-state index is 4.60. The van der Waals surface area contributed by atoms with Gasteiger partial charge in [-0.25, -0.2) is 4.98 Å². The Balaban J connectivity index is 1.41. The first kappa shape index (κ1) is 13.6. The van der Waals surface area contributed by atoms with E-state index < -0.39 is 0 Å². The van der Waals surface area contributed by atoms with Gasteiger partial charge in [-0.2, -0.15) is 0 Å². The van der Waals surface area contributed by atoms with Crippen LogP contribution in [0.25, 0.3) is 5.65 Å². The maximum Gasteiger partial charge on any atom is 0.137 e. The van der Waals surface area contributed by atoms with Crippen molar-refractivity contribution in [2.45, 2.75) is 25.8 Å². The van der Waals surface area contributed by atoms with Gasteiger partial charge in [-0.05, 0) is 64.0 Å². The molecule has 1 fully saturated rings. The van der Waals surface area contributed by atoms with Crippen LogP contribution in [-0.4, -0.2) is 41.0 Å². The zero-order chi connectivity index (χ0) is 13.8. The fourth-order valence-corrected chi connectivity index (χ4v) is 2.95. The average Bonchev–Trinajstić information content (AvgIpc) is 2.88. The third-order valence-corrected chi connectivity index (χ3v) is 4.29. The summed E-state index contributed by atoms with van der Waals surface area (Å²) in [6.07, 6.45) is 8.16. The molecular weight excluding hydrogens is 248 g/mol. The van der Waals surface area contributed by atoms with Crippen LogP contribution < -0.4 is 5.32 Å². The van der Waals surface area contributed by atoms with Crippen LogP contribution in [0.4, 0.5) is 0 Å². The number of piperidine rings is 1. The third kappa shape index (κ3) is 3.38. The molecule has 1 N–H and O–H groups in total. The summed E-state index contributed by atoms with van der Waals surface area (Å²) in [6.45, 7) is 4.49. The lowest BCUT2D eigenvalue weighted by molar-refractivity contribution is 0.211. The van der Waals surface area contributed by atoms with Crippen molar-refractivity contribution >= 4 is 5.65 Å². The number of nitrogens with one attached hydrogen (secondary N) is 1. The van der Waals surface area contributed by atoms with E-state index in [1.54, 1.807) is 0 Å². The highest BCUT2D eigenvalue weighted by Gasteiger charge is 2.15. The molecule has 2 aromatic heterocycles. The topological polar surface area (TPSA) is 32.6 Å². The second-order valence-electron chi connectivity index (χ2n) is 5.91. The predicted molar refractivity (Wildman–Crippen MR) is 81.7 cm³/mol. The first-order chi connectivity index (χ1) is 9.81. The maximum atomic E-state index is 4.60. The lowest BCUT2D eigenvalue weighted by atomic mass is 9.94. The van der Waals surface area contributed by atoms with Gasteiger partial charge in [0.25, 0.3) is 0 Å². The monoisotopic (exact) mass is 272 g/mol. The van der Waals surface area contributed by atoms with Crippen LogP contribution in [0.1, 0.15) is 25.0 Å². The van der Waals surface area contributed by atoms with E-state index >= 15 is 0 Å². The van der Waals surface area contributed by atoms with E-state index in [2.05, 4.69) is 32.8 Å². The highest BCUT2D eigenvalue weighted by atomic mass is 15.1. The number of fused-ring (bicyclic) bond motifs is 1. The van der Waals surface area contributed by atoms with E-state index in [0.29, 0.717) is 0 Å². The van der Waals surface area contributed by atoms with Crippen molar-refractivity contribution in [3.63, 3.8) is 0 Å². The molecule has 1 saturated heterocycles. The van der Waals surface area contributed by atoms with Crippen LogP contribution >= 0.6 is 0 Å². The lowest BCUT2D eigenvalue weighted by Gasteiger charge is -2.28. The van der Waals surface area contributed by atoms with Gasteiger partial charge in [0.15, 0.2) is 0 Å². The fraction of sp³-hybridized carbons (Fsp3) is 0.562. The van der Waals surface area contributed by atoms with Gasteiger partial charge in [-0.15, -0.1) is 0 Å². The van der Waals surface area contributed by atoms with Crippen LogP contribution in [0.5, 0.6) is 0 Å². The second kappa shape index (κ2) is 6.37. The van der Waals surface area contributed by atoms with Gasteiger partial charge in [-0.3, -0.25) is 0 Å². The van der Waals surface area contributed by atoms with Gasteiger partial charge >= 0.3 is 0 Å². The Morgan fingerprint density at radius 2 is 2.15 bits per heavy atom. The highest BCUT2D eigenvalue weighted by Crippen LogP contribution is 2.18. The van der Waals surface area contributed by atoms with Crippen LogP contribution in [0.2, 0.25) is 0 Å². The molecule has 0 saturated carbocycles. The number of aromatic nitrogens is 2. The molecule has 4 heteroatoms. The summed E-state index contributed by atoms with van der Waals surface area (Å²) >= 11 is 0. The predicted octanol–water partition coefficient (Wildman–Crippen LogP) is 2.16. The normalized spacial score (nSPS) is 17.9. The molecule has 1 aliphatic heterocycles. The number of nitrogens with zero attached hydrogens (tertiary/aromatic N) is 3. The number of rotatable bonds is 5. The SMILES string of the molecule is CN1CCC(CCNCc2cn3ccccc3n2)CC1. The molecule has 3 heterocycles. The summed E-state index contributed by atoms with van der Waals surface area (Å²) in [4.78, 5) is 7.03. The smallest absolute Gasteiger partial charge is 0.137 e. The Morgan fingerprint density at radius 3 is 2.95 bits per heavy atom. The number of likely N-dealkylation sites (tertiary alicyclic amines) is 1. The number of imidazole rings is 1. The molecule has 3 rings (SSSR count). The van der Waals surface area contributed by atoms with Gasteiger partial charge in [0.1, 0.15) is 5.65 Å². The molecule has 0 aromatic carbocycles. The van der Waals surface area contributed by atoms with Gasteiger partial charge in [0.05, 0.1) is 5.69 Å². The summed E-state index contributed by atoms with van der Waals surface area (Å²) in [5, 5.41) is 3.53. The zero-order valence-electron chi connectivity index (χ0n) is 12.3. The van der Waals surface area contributed by atoms with Crippen molar-refractivity contribution in [3.8, 4) is 0 Å². The van der Waals surface area contributed by atoms with Gasteiger partial charge < -0.3 is 14.6 Å². The molecular formula is C16H24N4. The Labute approximate surface area is 120 Å². The molecule has 0 aliphatic carbocycles. The number of hydrogen-bond acceptors (Lipinski definition) is 3. The van der Waals surface area contributed by atoms with Crippen LogP contribution in [0.15, 0.2) is 30.6 Å². The first-order valence-electron chi connectivity index (χ1n) is 7.63. The van der Waals surface area contributed by atoms with Crippen molar-refractivity contribution in [1.29, 1.82) is 0 Å². The summed E-state index contributed by atoms with van der Waals surface area (Å²) in [5.41, 5.74) is 2.15. The Kier molecular flexibility index (Phi) is 4.33. The molecule has 1 aliphatic rings. The molecule has 0 bridgehead atoms. The van der Waals surface area contributed by atoms with Crippen molar-refractivity contribution in [1.82, 2.24) is 19.6 Å². The number of hydrogen-bond donors (Lipinski definition) is 1. The molecule has 4 nitrogen and oxygen atoms in total. The summed E-state index contributed by atoms with van der Waals surface area (Å²) < 4.78 is 2.08. The van der Waals surface area contributed by atoms with Crippen LogP contribution in [0, 0.1) is 5.92 Å². The summed E-state index contributed by atoms with van der Waals surface area (Å²) in [6, 6.07) is 6.10. The molecule has 0 amide bonds. The minimum absolute atomic E-state index is 0.869. The van der Waals surface area contributed by atoms with Gasteiger partial charge in [0, 0.05) is 18.9 Å². The summed E-state index contributed by atoms with van der Waals surface area (Å²) in [5.74, 6) is 0.903. The largest absolute Gasteiger partial charge is 0.311 e. The molecule has 0 unspecified atom stereocenters. The average molecular weight is 272 g/mol. The minimum Gasteiger partial charge on any atom is -0.311 e. The minimum atomic E-state index is 0.869. The Morgan fingerprint density at radius 1 is 1.30 bits per heavy atom. The van der Waals surface area contributed by atoms with E-state index in [4.69, 9.17) is 0 Å². The van der Waals surface area contributed by atoms with Gasteiger partial charge in [-0.1, -0.05) is 6.07 Å². The van der Waals surface area contributed by atoms with Crippen molar-refractivity contribution < 1.29 is 0 Å². The standard InChI is InChI=1S/C16H24N4/c1-19-10-6-14(7-11-19)5-8-17-12-15-13-20-9-3-2-4-16(20)18-15/h2-4,9,13-14,17H,5-8,10-12H2,1H3. The van der Waals surface area contributed by atoms with E-state index in [-0.39, 0.29) is 0 Å². The van der Waals surface area contributed by atoms with Crippen molar-refractivity contribution in [2.24, 2.45) is 5.92 Å². The van der Waals surface area contributed by atoms with E-state index in [1.165, 1.54) is 32.4 Å². The molecule has 108 valence electrons. The fourth-order valence-electron chi connectivity index (χ4n) is 2.95. The second-order valence-corrected chi connectivity index (χ2v) is 5.91. The zero-order valence-corrected chi connectivity index (χ0v) is 12.3. The van der Waals surface area contributed by atoms with Crippen LogP contribution in [0.3, 0.4) is 0 Å². The molecule has 2 aromatic rings. The number of pyridine rings is 1. The quantitative estimate of drug-likeness (QED) is 0.847. The van der Waals surface area contributed by atoms with E-state index in [0.717, 1.165) is 30.3 Å². The highest BCUT2D eigenvalue weighted by molar-refractivity contribution is 5.39. The van der Waals surface area contributed by atoms with Crippen molar-refractivity contribution in [3.05, 3.63) is 36.3 Å². The molecule has 20 heavy (non-hydrogen) atoms. The Hall–Kier alpha value is -1.39. The lowest BCUT2D eigenvalue weighted by Crippen LogP contribution is -2.31. The molecule has 0 radical (unpaired) electrons. The van der Waals surface area contributed by atoms with E-state index in [9.17, 15) is 0 Å². The van der Waals surface area contributed by atoms with E-state index in [1.807, 2.05) is 24.4 Å². The molecule has 0 atom stereocenters. The summed E-state index contributed by atoms with van der Waals surface area (Å²) in [7, 11) is 2.22. The molecule has 0 spiro atoms. The van der Waals surface area contributed by atoms with Crippen molar-refractivity contribution in [2.75, 3.05) is 26.7 Å². The third-order valence-electron chi connectivity index (χ3n) is 4.29.